The van der Waals surface area contributed by atoms with Gasteiger partial charge in [0.05, 0.1) is 5.25 Å². The third-order valence-corrected chi connectivity index (χ3v) is 4.58. The van der Waals surface area contributed by atoms with Gasteiger partial charge in [0, 0.05) is 11.9 Å². The Labute approximate surface area is 138 Å². The zero-order valence-corrected chi connectivity index (χ0v) is 13.8. The topological polar surface area (TPSA) is 68.0 Å². The van der Waals surface area contributed by atoms with Gasteiger partial charge in [0.15, 0.2) is 11.2 Å². The summed E-state index contributed by atoms with van der Waals surface area (Å²) >= 11 is 1.32. The molecular weight excluding hydrogens is 310 g/mol. The Morgan fingerprint density at radius 1 is 1.30 bits per heavy atom. The SMILES string of the molecule is CCC(Sc1nc2ncccc2o1)C(=O)Nc1ccc(C)cc1. The Hall–Kier alpha value is -2.34. The first kappa shape index (κ1) is 15.6. The van der Waals surface area contributed by atoms with Crippen molar-refractivity contribution in [3.8, 4) is 0 Å². The summed E-state index contributed by atoms with van der Waals surface area (Å²) in [6.45, 7) is 3.98. The number of carbonyl (C=O) groups excluding carboxylic acids is 1. The quantitative estimate of drug-likeness (QED) is 0.716. The molecule has 0 saturated carbocycles. The maximum absolute atomic E-state index is 12.4. The summed E-state index contributed by atoms with van der Waals surface area (Å²) in [7, 11) is 0. The molecule has 23 heavy (non-hydrogen) atoms. The van der Waals surface area contributed by atoms with E-state index in [2.05, 4.69) is 15.3 Å². The first-order valence-corrected chi connectivity index (χ1v) is 8.29. The minimum atomic E-state index is -0.274. The molecule has 0 aliphatic heterocycles. The fraction of sp³-hybridized carbons (Fsp3) is 0.235. The van der Waals surface area contributed by atoms with Crippen molar-refractivity contribution in [2.75, 3.05) is 5.32 Å². The van der Waals surface area contributed by atoms with E-state index in [1.807, 2.05) is 44.2 Å². The number of amides is 1. The summed E-state index contributed by atoms with van der Waals surface area (Å²) in [5, 5.41) is 3.12. The number of benzene rings is 1. The molecular formula is C17H17N3O2S. The van der Waals surface area contributed by atoms with Crippen molar-refractivity contribution in [2.45, 2.75) is 30.7 Å². The summed E-state index contributed by atoms with van der Waals surface area (Å²) in [5.41, 5.74) is 3.13. The number of aromatic nitrogens is 2. The second-order valence-electron chi connectivity index (χ2n) is 5.17. The molecule has 0 fully saturated rings. The zero-order valence-electron chi connectivity index (χ0n) is 12.9. The first-order chi connectivity index (χ1) is 11.2. The van der Waals surface area contributed by atoms with E-state index >= 15 is 0 Å². The van der Waals surface area contributed by atoms with Crippen LogP contribution in [0.1, 0.15) is 18.9 Å². The second kappa shape index (κ2) is 6.83. The van der Waals surface area contributed by atoms with E-state index in [1.54, 1.807) is 12.3 Å². The number of aryl methyl sites for hydroxylation is 1. The number of nitrogens with one attached hydrogen (secondary N) is 1. The van der Waals surface area contributed by atoms with Gasteiger partial charge in [0.25, 0.3) is 5.22 Å². The minimum absolute atomic E-state index is 0.0587. The maximum atomic E-state index is 12.4. The van der Waals surface area contributed by atoms with E-state index in [-0.39, 0.29) is 11.2 Å². The van der Waals surface area contributed by atoms with Crippen molar-refractivity contribution in [3.63, 3.8) is 0 Å². The van der Waals surface area contributed by atoms with E-state index < -0.39 is 0 Å². The third kappa shape index (κ3) is 3.71. The van der Waals surface area contributed by atoms with Crippen LogP contribution in [0.25, 0.3) is 11.2 Å². The highest BCUT2D eigenvalue weighted by Crippen LogP contribution is 2.28. The van der Waals surface area contributed by atoms with E-state index in [0.717, 1.165) is 11.3 Å². The number of rotatable bonds is 5. The van der Waals surface area contributed by atoms with E-state index in [4.69, 9.17) is 4.42 Å². The number of carbonyl (C=O) groups is 1. The van der Waals surface area contributed by atoms with Gasteiger partial charge in [0.1, 0.15) is 0 Å². The van der Waals surface area contributed by atoms with Gasteiger partial charge in [-0.15, -0.1) is 0 Å². The molecule has 1 atom stereocenters. The third-order valence-electron chi connectivity index (χ3n) is 3.37. The highest BCUT2D eigenvalue weighted by atomic mass is 32.2. The van der Waals surface area contributed by atoms with Crippen molar-refractivity contribution < 1.29 is 9.21 Å². The number of anilines is 1. The van der Waals surface area contributed by atoms with Crippen molar-refractivity contribution >= 4 is 34.6 Å². The largest absolute Gasteiger partial charge is 0.430 e. The van der Waals surface area contributed by atoms with Gasteiger partial charge in [-0.1, -0.05) is 36.4 Å². The first-order valence-electron chi connectivity index (χ1n) is 7.41. The highest BCUT2D eigenvalue weighted by molar-refractivity contribution is 8.00. The molecule has 1 amide bonds. The fourth-order valence-electron chi connectivity index (χ4n) is 2.10. The van der Waals surface area contributed by atoms with Crippen molar-refractivity contribution in [1.29, 1.82) is 0 Å². The van der Waals surface area contributed by atoms with Crippen LogP contribution in [-0.4, -0.2) is 21.1 Å². The van der Waals surface area contributed by atoms with E-state index in [1.165, 1.54) is 11.8 Å². The molecule has 0 aliphatic carbocycles. The lowest BCUT2D eigenvalue weighted by Gasteiger charge is -2.12. The minimum Gasteiger partial charge on any atom is -0.430 e. The molecule has 118 valence electrons. The lowest BCUT2D eigenvalue weighted by molar-refractivity contribution is -0.115. The molecule has 3 rings (SSSR count). The van der Waals surface area contributed by atoms with Gasteiger partial charge >= 0.3 is 0 Å². The average molecular weight is 327 g/mol. The Kier molecular flexibility index (Phi) is 4.62. The predicted molar refractivity (Wildman–Crippen MR) is 91.5 cm³/mol. The summed E-state index contributed by atoms with van der Waals surface area (Å²) in [4.78, 5) is 20.9. The molecule has 0 radical (unpaired) electrons. The summed E-state index contributed by atoms with van der Waals surface area (Å²) in [6.07, 6.45) is 2.34. The smallest absolute Gasteiger partial charge is 0.259 e. The van der Waals surface area contributed by atoms with Crippen molar-refractivity contribution in [2.24, 2.45) is 0 Å². The molecule has 5 nitrogen and oxygen atoms in total. The van der Waals surface area contributed by atoms with Gasteiger partial charge in [-0.2, -0.15) is 4.98 Å². The van der Waals surface area contributed by atoms with Gasteiger partial charge in [-0.3, -0.25) is 4.79 Å². The molecule has 1 N–H and O–H groups in total. The van der Waals surface area contributed by atoms with Crippen LogP contribution in [-0.2, 0) is 4.79 Å². The Bertz CT molecular complexity index is 781. The number of oxazole rings is 1. The summed E-state index contributed by atoms with van der Waals surface area (Å²) < 4.78 is 5.63. The molecule has 0 aliphatic rings. The Morgan fingerprint density at radius 3 is 2.78 bits per heavy atom. The average Bonchev–Trinajstić information content (AvgIpc) is 2.97. The molecule has 0 spiro atoms. The molecule has 6 heteroatoms. The summed E-state index contributed by atoms with van der Waals surface area (Å²) in [5.74, 6) is -0.0587. The Balaban J connectivity index is 1.71. The molecule has 1 unspecified atom stereocenters. The monoisotopic (exact) mass is 327 g/mol. The zero-order chi connectivity index (χ0) is 16.2. The van der Waals surface area contributed by atoms with Crippen LogP contribution in [0, 0.1) is 6.92 Å². The second-order valence-corrected chi connectivity index (χ2v) is 6.33. The Morgan fingerprint density at radius 2 is 2.09 bits per heavy atom. The molecule has 1 aromatic carbocycles. The van der Waals surface area contributed by atoms with Crippen molar-refractivity contribution in [1.82, 2.24) is 9.97 Å². The van der Waals surface area contributed by atoms with Gasteiger partial charge in [0.2, 0.25) is 5.91 Å². The molecule has 3 aromatic rings. The lowest BCUT2D eigenvalue weighted by atomic mass is 10.2. The van der Waals surface area contributed by atoms with Crippen LogP contribution in [0.3, 0.4) is 0 Å². The van der Waals surface area contributed by atoms with Crippen LogP contribution in [0.4, 0.5) is 5.69 Å². The van der Waals surface area contributed by atoms with Crippen molar-refractivity contribution in [3.05, 3.63) is 48.2 Å². The lowest BCUT2D eigenvalue weighted by Crippen LogP contribution is -2.24. The van der Waals surface area contributed by atoms with Gasteiger partial charge in [-0.05, 0) is 37.6 Å². The van der Waals surface area contributed by atoms with E-state index in [0.29, 0.717) is 22.9 Å². The normalized spacial score (nSPS) is 12.3. The molecule has 2 aromatic heterocycles. The van der Waals surface area contributed by atoms with Crippen LogP contribution in [0.5, 0.6) is 0 Å². The molecule has 0 bridgehead atoms. The molecule has 2 heterocycles. The van der Waals surface area contributed by atoms with Crippen LogP contribution in [0.2, 0.25) is 0 Å². The predicted octanol–water partition coefficient (Wildman–Crippen LogP) is 4.04. The summed E-state index contributed by atoms with van der Waals surface area (Å²) in [6, 6.07) is 11.3. The van der Waals surface area contributed by atoms with Crippen LogP contribution >= 0.6 is 11.8 Å². The van der Waals surface area contributed by atoms with E-state index in [9.17, 15) is 4.79 Å². The number of fused-ring (bicyclic) bond motifs is 1. The fourth-order valence-corrected chi connectivity index (χ4v) is 2.96. The van der Waals surface area contributed by atoms with Crippen LogP contribution < -0.4 is 5.32 Å². The number of thioether (sulfide) groups is 1. The maximum Gasteiger partial charge on any atom is 0.259 e. The highest BCUT2D eigenvalue weighted by Gasteiger charge is 2.21. The number of pyridine rings is 1. The standard InChI is InChI=1S/C17H17N3O2S/c1-3-14(16(21)19-12-8-6-11(2)7-9-12)23-17-20-15-13(22-17)5-4-10-18-15/h4-10,14H,3H2,1-2H3,(H,19,21). The number of nitrogens with zero attached hydrogens (tertiary/aromatic N) is 2. The number of hydrogen-bond acceptors (Lipinski definition) is 5. The van der Waals surface area contributed by atoms with Gasteiger partial charge in [-0.25, -0.2) is 4.98 Å². The van der Waals surface area contributed by atoms with Gasteiger partial charge < -0.3 is 9.73 Å². The number of hydrogen-bond donors (Lipinski definition) is 1. The molecule has 0 saturated heterocycles. The van der Waals surface area contributed by atoms with Crippen LogP contribution in [0.15, 0.2) is 52.2 Å².